The molecular weight excluding hydrogens is 396 g/mol. The number of fused-ring (bicyclic) bond motifs is 3. The number of amides is 2. The van der Waals surface area contributed by atoms with Gasteiger partial charge in [0.25, 0.3) is 0 Å². The summed E-state index contributed by atoms with van der Waals surface area (Å²) in [6.45, 7) is -0.200. The Labute approximate surface area is 178 Å². The molecule has 31 heavy (non-hydrogen) atoms. The van der Waals surface area contributed by atoms with Gasteiger partial charge < -0.3 is 20.5 Å². The number of alkyl carbamates (subject to hydrolysis) is 1. The number of rotatable bonds is 6. The first kappa shape index (κ1) is 20.2. The van der Waals surface area contributed by atoms with Crippen molar-refractivity contribution in [3.63, 3.8) is 0 Å². The zero-order valence-corrected chi connectivity index (χ0v) is 16.5. The molecule has 0 saturated carbocycles. The van der Waals surface area contributed by atoms with Gasteiger partial charge in [0.1, 0.15) is 13.2 Å². The van der Waals surface area contributed by atoms with E-state index >= 15 is 0 Å². The predicted octanol–water partition coefficient (Wildman–Crippen LogP) is 3.86. The van der Waals surface area contributed by atoms with Crippen molar-refractivity contribution in [2.45, 2.75) is 5.92 Å². The van der Waals surface area contributed by atoms with Crippen LogP contribution in [0, 0.1) is 0 Å². The van der Waals surface area contributed by atoms with E-state index in [2.05, 4.69) is 10.6 Å². The molecule has 1 aliphatic rings. The van der Waals surface area contributed by atoms with E-state index in [4.69, 9.17) is 9.84 Å². The van der Waals surface area contributed by atoms with E-state index in [9.17, 15) is 14.4 Å². The molecular formula is C24H20N2O5. The molecule has 0 aliphatic heterocycles. The molecule has 156 valence electrons. The zero-order chi connectivity index (χ0) is 21.8. The van der Waals surface area contributed by atoms with E-state index < -0.39 is 18.0 Å². The Morgan fingerprint density at radius 2 is 1.42 bits per heavy atom. The fraction of sp³-hybridized carbons (Fsp3) is 0.125. The average molecular weight is 416 g/mol. The van der Waals surface area contributed by atoms with Crippen molar-refractivity contribution >= 4 is 23.7 Å². The molecule has 0 bridgehead atoms. The normalized spacial score (nSPS) is 11.9. The molecule has 0 heterocycles. The highest BCUT2D eigenvalue weighted by Gasteiger charge is 2.29. The van der Waals surface area contributed by atoms with Crippen LogP contribution in [0.5, 0.6) is 0 Å². The first-order valence-corrected chi connectivity index (χ1v) is 9.75. The van der Waals surface area contributed by atoms with Crippen LogP contribution in [0.1, 0.15) is 27.4 Å². The van der Waals surface area contributed by atoms with E-state index in [1.54, 1.807) is 12.1 Å². The van der Waals surface area contributed by atoms with Crippen LogP contribution < -0.4 is 10.6 Å². The van der Waals surface area contributed by atoms with Crippen molar-refractivity contribution in [1.29, 1.82) is 0 Å². The van der Waals surface area contributed by atoms with E-state index in [0.29, 0.717) is 0 Å². The third-order valence-corrected chi connectivity index (χ3v) is 5.17. The van der Waals surface area contributed by atoms with E-state index in [-0.39, 0.29) is 30.3 Å². The Kier molecular flexibility index (Phi) is 5.66. The fourth-order valence-electron chi connectivity index (χ4n) is 3.77. The molecule has 0 unspecified atom stereocenters. The summed E-state index contributed by atoms with van der Waals surface area (Å²) in [6, 6.07) is 22.1. The van der Waals surface area contributed by atoms with E-state index in [0.717, 1.165) is 22.3 Å². The third kappa shape index (κ3) is 4.25. The lowest BCUT2D eigenvalue weighted by Crippen LogP contribution is -2.34. The molecule has 3 aromatic rings. The zero-order valence-electron chi connectivity index (χ0n) is 16.5. The maximum atomic E-state index is 12.1. The summed E-state index contributed by atoms with van der Waals surface area (Å²) in [6.07, 6.45) is -0.719. The number of benzene rings is 3. The van der Waals surface area contributed by atoms with Gasteiger partial charge in [-0.05, 0) is 34.4 Å². The Hall–Kier alpha value is -4.13. The van der Waals surface area contributed by atoms with Crippen LogP contribution in [0.15, 0.2) is 72.8 Å². The summed E-state index contributed by atoms with van der Waals surface area (Å²) >= 11 is 0. The molecule has 7 nitrogen and oxygen atoms in total. The molecule has 0 radical (unpaired) electrons. The molecule has 3 aromatic carbocycles. The molecule has 7 heteroatoms. The molecule has 0 fully saturated rings. The van der Waals surface area contributed by atoms with Crippen LogP contribution in [-0.2, 0) is 9.53 Å². The number of carboxylic acid groups (broad SMARTS) is 1. The minimum atomic E-state index is -1.15. The van der Waals surface area contributed by atoms with Gasteiger partial charge in [-0.1, -0.05) is 60.7 Å². The molecule has 3 N–H and O–H groups in total. The Morgan fingerprint density at radius 3 is 2.06 bits per heavy atom. The second kappa shape index (κ2) is 8.71. The first-order chi connectivity index (χ1) is 15.0. The standard InChI is InChI=1S/C24H20N2O5/c27-22(26-21-12-6-5-11-19(21)23(28)29)13-25-24(30)31-14-20-17-9-3-1-7-15(17)16-8-2-4-10-18(16)20/h1-12,20H,13-14H2,(H,25,30)(H,26,27)(H,28,29). The largest absolute Gasteiger partial charge is 0.478 e. The summed E-state index contributed by atoms with van der Waals surface area (Å²) in [4.78, 5) is 35.5. The Bertz CT molecular complexity index is 1110. The molecule has 0 spiro atoms. The van der Waals surface area contributed by atoms with Crippen molar-refractivity contribution in [2.24, 2.45) is 0 Å². The fourth-order valence-corrected chi connectivity index (χ4v) is 3.77. The molecule has 1 aliphatic carbocycles. The van der Waals surface area contributed by atoms with Gasteiger partial charge in [0, 0.05) is 5.92 Å². The van der Waals surface area contributed by atoms with Crippen LogP contribution in [0.3, 0.4) is 0 Å². The van der Waals surface area contributed by atoms with Gasteiger partial charge in [-0.15, -0.1) is 0 Å². The van der Waals surface area contributed by atoms with Crippen LogP contribution in [0.2, 0.25) is 0 Å². The van der Waals surface area contributed by atoms with Crippen LogP contribution in [-0.4, -0.2) is 36.2 Å². The van der Waals surface area contributed by atoms with Crippen LogP contribution in [0.25, 0.3) is 11.1 Å². The van der Waals surface area contributed by atoms with Gasteiger partial charge >= 0.3 is 12.1 Å². The molecule has 0 saturated heterocycles. The second-order valence-corrected chi connectivity index (χ2v) is 7.08. The Morgan fingerprint density at radius 1 is 0.839 bits per heavy atom. The van der Waals surface area contributed by atoms with Gasteiger partial charge in [-0.25, -0.2) is 9.59 Å². The highest BCUT2D eigenvalue weighted by atomic mass is 16.5. The van der Waals surface area contributed by atoms with Gasteiger partial charge in [0.2, 0.25) is 5.91 Å². The third-order valence-electron chi connectivity index (χ3n) is 5.17. The molecule has 4 rings (SSSR count). The number of ether oxygens (including phenoxy) is 1. The van der Waals surface area contributed by atoms with Crippen molar-refractivity contribution in [3.05, 3.63) is 89.5 Å². The monoisotopic (exact) mass is 416 g/mol. The average Bonchev–Trinajstić information content (AvgIpc) is 3.10. The number of aromatic carboxylic acids is 1. The SMILES string of the molecule is O=C(CNC(=O)OCC1c2ccccc2-c2ccccc21)Nc1ccccc1C(=O)O. The summed E-state index contributed by atoms with van der Waals surface area (Å²) in [7, 11) is 0. The van der Waals surface area contributed by atoms with Gasteiger partial charge in [-0.2, -0.15) is 0 Å². The number of carbonyl (C=O) groups excluding carboxylic acids is 2. The summed E-state index contributed by atoms with van der Waals surface area (Å²) in [5.74, 6) is -1.78. The topological polar surface area (TPSA) is 105 Å². The lowest BCUT2D eigenvalue weighted by molar-refractivity contribution is -0.115. The minimum absolute atomic E-state index is 0.0306. The van der Waals surface area contributed by atoms with Crippen molar-refractivity contribution in [3.8, 4) is 11.1 Å². The number of para-hydroxylation sites is 1. The van der Waals surface area contributed by atoms with Crippen molar-refractivity contribution in [2.75, 3.05) is 18.5 Å². The number of hydrogen-bond acceptors (Lipinski definition) is 4. The lowest BCUT2D eigenvalue weighted by Gasteiger charge is -2.14. The van der Waals surface area contributed by atoms with Crippen LogP contribution in [0.4, 0.5) is 10.5 Å². The maximum Gasteiger partial charge on any atom is 0.407 e. The lowest BCUT2D eigenvalue weighted by atomic mass is 9.98. The van der Waals surface area contributed by atoms with E-state index in [1.807, 2.05) is 48.5 Å². The number of carbonyl (C=O) groups is 3. The van der Waals surface area contributed by atoms with Crippen molar-refractivity contribution in [1.82, 2.24) is 5.32 Å². The summed E-state index contributed by atoms with van der Waals surface area (Å²) in [5.41, 5.74) is 4.58. The smallest absolute Gasteiger partial charge is 0.407 e. The number of hydrogen-bond donors (Lipinski definition) is 3. The molecule has 2 amide bonds. The van der Waals surface area contributed by atoms with Crippen molar-refractivity contribution < 1.29 is 24.2 Å². The predicted molar refractivity (Wildman–Crippen MR) is 115 cm³/mol. The minimum Gasteiger partial charge on any atom is -0.478 e. The summed E-state index contributed by atoms with van der Waals surface area (Å²) < 4.78 is 5.38. The van der Waals surface area contributed by atoms with Gasteiger partial charge in [0.15, 0.2) is 0 Å². The maximum absolute atomic E-state index is 12.1. The summed E-state index contributed by atoms with van der Waals surface area (Å²) in [5, 5.41) is 14.1. The highest BCUT2D eigenvalue weighted by molar-refractivity contribution is 6.01. The molecule has 0 aromatic heterocycles. The highest BCUT2D eigenvalue weighted by Crippen LogP contribution is 2.44. The van der Waals surface area contributed by atoms with Gasteiger partial charge in [0.05, 0.1) is 11.3 Å². The first-order valence-electron chi connectivity index (χ1n) is 9.75. The van der Waals surface area contributed by atoms with E-state index in [1.165, 1.54) is 12.1 Å². The number of carboxylic acids is 1. The Balaban J connectivity index is 1.33. The number of nitrogens with one attached hydrogen (secondary N) is 2. The van der Waals surface area contributed by atoms with Gasteiger partial charge in [-0.3, -0.25) is 4.79 Å². The second-order valence-electron chi connectivity index (χ2n) is 7.08. The number of anilines is 1. The molecule has 0 atom stereocenters. The quantitative estimate of drug-likeness (QED) is 0.566. The van der Waals surface area contributed by atoms with Crippen LogP contribution >= 0.6 is 0 Å².